The summed E-state index contributed by atoms with van der Waals surface area (Å²) in [5.74, 6) is 0.549. The van der Waals surface area contributed by atoms with Crippen molar-refractivity contribution in [2.45, 2.75) is 0 Å². The van der Waals surface area contributed by atoms with E-state index in [1.807, 2.05) is 0 Å². The molecule has 0 aliphatic heterocycles. The molecule has 0 unspecified atom stereocenters. The van der Waals surface area contributed by atoms with Gasteiger partial charge in [-0.2, -0.15) is 0 Å². The second kappa shape index (κ2) is 1.81. The average molecular weight is 113 g/mol. The third-order valence-corrected chi connectivity index (χ3v) is 0.791. The zero-order valence-corrected chi connectivity index (χ0v) is 4.83. The molecule has 0 aliphatic carbocycles. The van der Waals surface area contributed by atoms with Gasteiger partial charge in [0.1, 0.15) is 0 Å². The number of hydrogen-bond donors (Lipinski definition) is 0. The van der Waals surface area contributed by atoms with Gasteiger partial charge in [-0.05, 0) is 0 Å². The minimum absolute atomic E-state index is 0.549. The van der Waals surface area contributed by atoms with Crippen molar-refractivity contribution in [1.82, 2.24) is 15.0 Å². The first-order valence-electron chi connectivity index (χ1n) is 2.23. The van der Waals surface area contributed by atoms with Crippen molar-refractivity contribution in [1.29, 1.82) is 0 Å². The Kier molecular flexibility index (Phi) is 1.15. The minimum Gasteiger partial charge on any atom is -0.479 e. The van der Waals surface area contributed by atoms with E-state index in [9.17, 15) is 0 Å². The molecule has 0 atom stereocenters. The van der Waals surface area contributed by atoms with Gasteiger partial charge in [0.25, 0.3) is 5.88 Å². The first-order valence-corrected chi connectivity index (χ1v) is 2.23. The second-order valence-corrected chi connectivity index (χ2v) is 1.43. The molecule has 4 heteroatoms. The Morgan fingerprint density at radius 1 is 1.75 bits per heavy atom. The van der Waals surface area contributed by atoms with E-state index in [1.165, 1.54) is 0 Å². The molecule has 0 fully saturated rings. The highest BCUT2D eigenvalue weighted by Gasteiger charge is 1.91. The molecule has 1 heterocycles. The maximum Gasteiger partial charge on any atom is 0.253 e. The minimum atomic E-state index is 0.549. The number of methoxy groups -OCH3 is 1. The Bertz CT molecular complexity index is 172. The highest BCUT2D eigenvalue weighted by molar-refractivity contribution is 4.97. The predicted octanol–water partition coefficient (Wildman–Crippen LogP) is -0.176. The summed E-state index contributed by atoms with van der Waals surface area (Å²) < 4.78 is 6.32. The lowest BCUT2D eigenvalue weighted by Gasteiger charge is -1.84. The van der Waals surface area contributed by atoms with Gasteiger partial charge in [0, 0.05) is 7.05 Å². The summed E-state index contributed by atoms with van der Waals surface area (Å²) in [6, 6.07) is 0. The summed E-state index contributed by atoms with van der Waals surface area (Å²) in [7, 11) is 3.35. The normalized spacial score (nSPS) is 9.25. The van der Waals surface area contributed by atoms with E-state index < -0.39 is 0 Å². The van der Waals surface area contributed by atoms with E-state index in [1.54, 1.807) is 25.0 Å². The summed E-state index contributed by atoms with van der Waals surface area (Å²) >= 11 is 0. The van der Waals surface area contributed by atoms with Crippen molar-refractivity contribution in [3.8, 4) is 5.88 Å². The molecule has 0 radical (unpaired) electrons. The molecule has 0 spiro atoms. The van der Waals surface area contributed by atoms with Gasteiger partial charge in [-0.15, -0.1) is 0 Å². The number of hydrogen-bond acceptors (Lipinski definition) is 3. The molecule has 1 aromatic heterocycles. The van der Waals surface area contributed by atoms with E-state index in [4.69, 9.17) is 4.74 Å². The molecule has 0 amide bonds. The Balaban J connectivity index is 2.84. The van der Waals surface area contributed by atoms with Crippen molar-refractivity contribution in [2.75, 3.05) is 7.11 Å². The summed E-state index contributed by atoms with van der Waals surface area (Å²) in [6.07, 6.45) is 1.69. The molecule has 1 rings (SSSR count). The maximum atomic E-state index is 4.74. The number of aryl methyl sites for hydroxylation is 1. The van der Waals surface area contributed by atoms with Gasteiger partial charge in [0.2, 0.25) is 0 Å². The molecule has 0 aliphatic rings. The van der Waals surface area contributed by atoms with Crippen molar-refractivity contribution < 1.29 is 4.74 Å². The quantitative estimate of drug-likeness (QED) is 0.507. The van der Waals surface area contributed by atoms with E-state index in [2.05, 4.69) is 10.3 Å². The van der Waals surface area contributed by atoms with Crippen LogP contribution in [0.1, 0.15) is 0 Å². The molecular weight excluding hydrogens is 106 g/mol. The van der Waals surface area contributed by atoms with Crippen LogP contribution >= 0.6 is 0 Å². The largest absolute Gasteiger partial charge is 0.479 e. The van der Waals surface area contributed by atoms with Gasteiger partial charge in [0.05, 0.1) is 13.3 Å². The monoisotopic (exact) mass is 113 g/mol. The van der Waals surface area contributed by atoms with Gasteiger partial charge in [-0.25, -0.2) is 0 Å². The van der Waals surface area contributed by atoms with Gasteiger partial charge in [-0.3, -0.25) is 4.68 Å². The fourth-order valence-electron chi connectivity index (χ4n) is 0.420. The van der Waals surface area contributed by atoms with Crippen molar-refractivity contribution >= 4 is 0 Å². The van der Waals surface area contributed by atoms with Crippen LogP contribution < -0.4 is 4.74 Å². The van der Waals surface area contributed by atoms with E-state index >= 15 is 0 Å². The van der Waals surface area contributed by atoms with Crippen LogP contribution in [0.5, 0.6) is 5.88 Å². The Labute approximate surface area is 47.1 Å². The van der Waals surface area contributed by atoms with Crippen LogP contribution in [0.3, 0.4) is 0 Å². The van der Waals surface area contributed by atoms with Crippen LogP contribution in [0.15, 0.2) is 6.20 Å². The molecule has 0 aromatic carbocycles. The number of nitrogens with zero attached hydrogens (tertiary/aromatic N) is 3. The highest BCUT2D eigenvalue weighted by Crippen LogP contribution is 1.97. The first-order chi connectivity index (χ1) is 3.83. The topological polar surface area (TPSA) is 39.9 Å². The molecule has 44 valence electrons. The van der Waals surface area contributed by atoms with E-state index in [0.29, 0.717) is 5.88 Å². The maximum absolute atomic E-state index is 4.74. The summed E-state index contributed by atoms with van der Waals surface area (Å²) in [6.45, 7) is 0. The van der Waals surface area contributed by atoms with Crippen LogP contribution in [0.25, 0.3) is 0 Å². The molecule has 0 bridgehead atoms. The smallest absolute Gasteiger partial charge is 0.253 e. The lowest BCUT2D eigenvalue weighted by atomic mass is 10.8. The summed E-state index contributed by atoms with van der Waals surface area (Å²) in [5.41, 5.74) is 0. The van der Waals surface area contributed by atoms with Gasteiger partial charge >= 0.3 is 0 Å². The first kappa shape index (κ1) is 5.08. The fraction of sp³-hybridized carbons (Fsp3) is 0.500. The SMILES string of the molecule is COc1cn(C)nn1. The van der Waals surface area contributed by atoms with Crippen molar-refractivity contribution in [3.05, 3.63) is 6.20 Å². The third kappa shape index (κ3) is 0.776. The van der Waals surface area contributed by atoms with Crippen molar-refractivity contribution in [3.63, 3.8) is 0 Å². The molecule has 0 saturated carbocycles. The molecule has 0 N–H and O–H groups in total. The Morgan fingerprint density at radius 3 is 2.75 bits per heavy atom. The lowest BCUT2D eigenvalue weighted by Crippen LogP contribution is -1.85. The lowest BCUT2D eigenvalue weighted by molar-refractivity contribution is 0.397. The Hall–Kier alpha value is -1.06. The Morgan fingerprint density at radius 2 is 2.50 bits per heavy atom. The number of rotatable bonds is 1. The standard InChI is InChI=1S/C4H7N3O/c1-7-3-4(8-2)5-6-7/h3H,1-2H3. The summed E-state index contributed by atoms with van der Waals surface area (Å²) in [4.78, 5) is 0. The molecule has 4 nitrogen and oxygen atoms in total. The van der Waals surface area contributed by atoms with E-state index in [0.717, 1.165) is 0 Å². The van der Waals surface area contributed by atoms with Gasteiger partial charge < -0.3 is 4.74 Å². The third-order valence-electron chi connectivity index (χ3n) is 0.791. The predicted molar refractivity (Wildman–Crippen MR) is 27.6 cm³/mol. The van der Waals surface area contributed by atoms with E-state index in [-0.39, 0.29) is 0 Å². The number of ether oxygens (including phenoxy) is 1. The van der Waals surface area contributed by atoms with Gasteiger partial charge in [-0.1, -0.05) is 10.3 Å². The average Bonchev–Trinajstić information content (AvgIpc) is 2.14. The van der Waals surface area contributed by atoms with Gasteiger partial charge in [0.15, 0.2) is 0 Å². The second-order valence-electron chi connectivity index (χ2n) is 1.43. The zero-order valence-electron chi connectivity index (χ0n) is 4.83. The molecule has 1 aromatic rings. The summed E-state index contributed by atoms with van der Waals surface area (Å²) in [5, 5.41) is 7.25. The fourth-order valence-corrected chi connectivity index (χ4v) is 0.420. The van der Waals surface area contributed by atoms with Crippen LogP contribution in [-0.4, -0.2) is 22.1 Å². The molecule has 0 saturated heterocycles. The van der Waals surface area contributed by atoms with Crippen molar-refractivity contribution in [2.24, 2.45) is 7.05 Å². The zero-order chi connectivity index (χ0) is 5.98. The molecule has 8 heavy (non-hydrogen) atoms. The van der Waals surface area contributed by atoms with Crippen LogP contribution in [-0.2, 0) is 7.05 Å². The highest BCUT2D eigenvalue weighted by atomic mass is 16.5. The van der Waals surface area contributed by atoms with Crippen LogP contribution in [0, 0.1) is 0 Å². The van der Waals surface area contributed by atoms with Crippen LogP contribution in [0.4, 0.5) is 0 Å². The van der Waals surface area contributed by atoms with Crippen LogP contribution in [0.2, 0.25) is 0 Å². The molecular formula is C4H7N3O. The number of aromatic nitrogens is 3.